The lowest BCUT2D eigenvalue weighted by molar-refractivity contribution is 0.601. The molecule has 1 aromatic heterocycles. The SMILES string of the molecule is CCNc1ccc(S(=O)(=O)Nc2cc(C)ccc2Cl)cn1. The number of halogens is 1. The summed E-state index contributed by atoms with van der Waals surface area (Å²) in [6.45, 7) is 4.52. The standard InChI is InChI=1S/C14H16ClN3O2S/c1-3-16-14-7-5-11(9-17-14)21(19,20)18-13-8-10(2)4-6-12(13)15/h4-9,18H,3H2,1-2H3,(H,16,17). The minimum Gasteiger partial charge on any atom is -0.370 e. The van der Waals surface area contributed by atoms with Crippen LogP contribution in [0.25, 0.3) is 0 Å². The van der Waals surface area contributed by atoms with Crippen molar-refractivity contribution in [2.75, 3.05) is 16.6 Å². The Labute approximate surface area is 129 Å². The molecule has 2 aromatic rings. The summed E-state index contributed by atoms with van der Waals surface area (Å²) in [7, 11) is -3.71. The number of aryl methyl sites for hydroxylation is 1. The van der Waals surface area contributed by atoms with Gasteiger partial charge in [-0.15, -0.1) is 0 Å². The highest BCUT2D eigenvalue weighted by Crippen LogP contribution is 2.25. The first-order chi connectivity index (χ1) is 9.92. The summed E-state index contributed by atoms with van der Waals surface area (Å²) >= 11 is 6.00. The topological polar surface area (TPSA) is 71.1 Å². The molecule has 0 saturated heterocycles. The minimum atomic E-state index is -3.71. The van der Waals surface area contributed by atoms with E-state index in [4.69, 9.17) is 11.6 Å². The molecule has 0 aliphatic rings. The molecular weight excluding hydrogens is 310 g/mol. The maximum atomic E-state index is 12.3. The molecule has 1 heterocycles. The minimum absolute atomic E-state index is 0.0849. The lowest BCUT2D eigenvalue weighted by Gasteiger charge is -2.10. The average Bonchev–Trinajstić information content (AvgIpc) is 2.44. The van der Waals surface area contributed by atoms with Crippen LogP contribution in [0.1, 0.15) is 12.5 Å². The number of hydrogen-bond acceptors (Lipinski definition) is 4. The Morgan fingerprint density at radius 2 is 2.00 bits per heavy atom. The number of benzene rings is 1. The molecular formula is C14H16ClN3O2S. The van der Waals surface area contributed by atoms with Crippen molar-refractivity contribution >= 4 is 33.1 Å². The van der Waals surface area contributed by atoms with E-state index in [-0.39, 0.29) is 4.90 Å². The molecule has 0 bridgehead atoms. The van der Waals surface area contributed by atoms with E-state index in [0.29, 0.717) is 16.5 Å². The van der Waals surface area contributed by atoms with Crippen molar-refractivity contribution < 1.29 is 8.42 Å². The number of anilines is 2. The van der Waals surface area contributed by atoms with Crippen LogP contribution in [0.2, 0.25) is 5.02 Å². The Balaban J connectivity index is 2.27. The van der Waals surface area contributed by atoms with Gasteiger partial charge in [-0.1, -0.05) is 17.7 Å². The lowest BCUT2D eigenvalue weighted by Crippen LogP contribution is -2.14. The van der Waals surface area contributed by atoms with Crippen LogP contribution in [0.4, 0.5) is 11.5 Å². The molecule has 0 aliphatic heterocycles. The number of hydrogen-bond donors (Lipinski definition) is 2. The van der Waals surface area contributed by atoms with Crippen molar-refractivity contribution in [2.24, 2.45) is 0 Å². The van der Waals surface area contributed by atoms with Gasteiger partial charge in [-0.05, 0) is 43.7 Å². The van der Waals surface area contributed by atoms with E-state index in [9.17, 15) is 8.42 Å². The first-order valence-corrected chi connectivity index (χ1v) is 8.27. The Kier molecular flexibility index (Phi) is 4.69. The molecule has 0 unspecified atom stereocenters. The first-order valence-electron chi connectivity index (χ1n) is 6.41. The number of nitrogens with one attached hydrogen (secondary N) is 2. The zero-order valence-corrected chi connectivity index (χ0v) is 13.3. The van der Waals surface area contributed by atoms with Gasteiger partial charge in [-0.25, -0.2) is 13.4 Å². The lowest BCUT2D eigenvalue weighted by atomic mass is 10.2. The number of pyridine rings is 1. The van der Waals surface area contributed by atoms with Crippen molar-refractivity contribution in [3.8, 4) is 0 Å². The zero-order valence-electron chi connectivity index (χ0n) is 11.7. The van der Waals surface area contributed by atoms with Crippen molar-refractivity contribution in [3.05, 3.63) is 47.1 Å². The number of nitrogens with zero attached hydrogens (tertiary/aromatic N) is 1. The molecule has 21 heavy (non-hydrogen) atoms. The number of aromatic nitrogens is 1. The van der Waals surface area contributed by atoms with Gasteiger partial charge in [0.05, 0.1) is 10.7 Å². The van der Waals surface area contributed by atoms with Gasteiger partial charge in [0.2, 0.25) is 0 Å². The third-order valence-corrected chi connectivity index (χ3v) is 4.45. The highest BCUT2D eigenvalue weighted by atomic mass is 35.5. The number of sulfonamides is 1. The van der Waals surface area contributed by atoms with Gasteiger partial charge in [0, 0.05) is 12.7 Å². The van der Waals surface area contributed by atoms with E-state index in [1.165, 1.54) is 12.3 Å². The van der Waals surface area contributed by atoms with Crippen molar-refractivity contribution in [1.82, 2.24) is 4.98 Å². The van der Waals surface area contributed by atoms with Gasteiger partial charge in [0.25, 0.3) is 10.0 Å². The molecule has 2 N–H and O–H groups in total. The van der Waals surface area contributed by atoms with Crippen LogP contribution >= 0.6 is 11.6 Å². The molecule has 2 rings (SSSR count). The number of rotatable bonds is 5. The molecule has 112 valence electrons. The molecule has 0 aliphatic carbocycles. The van der Waals surface area contributed by atoms with Gasteiger partial charge in [-0.2, -0.15) is 0 Å². The maximum absolute atomic E-state index is 12.3. The zero-order chi connectivity index (χ0) is 15.5. The summed E-state index contributed by atoms with van der Waals surface area (Å²) in [5.41, 5.74) is 1.27. The second-order valence-electron chi connectivity index (χ2n) is 4.50. The fourth-order valence-electron chi connectivity index (χ4n) is 1.75. The Morgan fingerprint density at radius 3 is 2.62 bits per heavy atom. The highest BCUT2D eigenvalue weighted by Gasteiger charge is 2.16. The predicted molar refractivity (Wildman–Crippen MR) is 85.4 cm³/mol. The Bertz CT molecular complexity index is 730. The fraction of sp³-hybridized carbons (Fsp3) is 0.214. The van der Waals surface area contributed by atoms with Gasteiger partial charge in [-0.3, -0.25) is 4.72 Å². The monoisotopic (exact) mass is 325 g/mol. The second kappa shape index (κ2) is 6.32. The smallest absolute Gasteiger partial charge is 0.263 e. The molecule has 0 atom stereocenters. The summed E-state index contributed by atoms with van der Waals surface area (Å²) in [6.07, 6.45) is 1.31. The van der Waals surface area contributed by atoms with Crippen LogP contribution in [0.15, 0.2) is 41.4 Å². The summed E-state index contributed by atoms with van der Waals surface area (Å²) < 4.78 is 27.1. The van der Waals surface area contributed by atoms with Crippen LogP contribution < -0.4 is 10.0 Å². The Hall–Kier alpha value is -1.79. The van der Waals surface area contributed by atoms with Crippen LogP contribution in [-0.4, -0.2) is 19.9 Å². The van der Waals surface area contributed by atoms with Gasteiger partial charge in [0.1, 0.15) is 10.7 Å². The summed E-state index contributed by atoms with van der Waals surface area (Å²) in [6, 6.07) is 8.27. The predicted octanol–water partition coefficient (Wildman–Crippen LogP) is 3.28. The van der Waals surface area contributed by atoms with Gasteiger partial charge in [0.15, 0.2) is 0 Å². The quantitative estimate of drug-likeness (QED) is 0.885. The third kappa shape index (κ3) is 3.86. The van der Waals surface area contributed by atoms with Crippen LogP contribution in [-0.2, 0) is 10.0 Å². The molecule has 0 amide bonds. The summed E-state index contributed by atoms with van der Waals surface area (Å²) in [5, 5.41) is 3.35. The molecule has 7 heteroatoms. The molecule has 0 fully saturated rings. The van der Waals surface area contributed by atoms with E-state index in [0.717, 1.165) is 12.1 Å². The fourth-order valence-corrected chi connectivity index (χ4v) is 2.98. The van der Waals surface area contributed by atoms with Gasteiger partial charge >= 0.3 is 0 Å². The summed E-state index contributed by atoms with van der Waals surface area (Å²) in [4.78, 5) is 4.14. The van der Waals surface area contributed by atoms with E-state index in [1.807, 2.05) is 19.9 Å². The summed E-state index contributed by atoms with van der Waals surface area (Å²) in [5.74, 6) is 0.630. The van der Waals surface area contributed by atoms with E-state index < -0.39 is 10.0 Å². The molecule has 5 nitrogen and oxygen atoms in total. The van der Waals surface area contributed by atoms with Crippen molar-refractivity contribution in [2.45, 2.75) is 18.7 Å². The third-order valence-electron chi connectivity index (χ3n) is 2.77. The molecule has 0 radical (unpaired) electrons. The Morgan fingerprint density at radius 1 is 1.24 bits per heavy atom. The highest BCUT2D eigenvalue weighted by molar-refractivity contribution is 7.92. The molecule has 0 spiro atoms. The maximum Gasteiger partial charge on any atom is 0.263 e. The normalized spacial score (nSPS) is 11.2. The average molecular weight is 326 g/mol. The van der Waals surface area contributed by atoms with Crippen LogP contribution in [0, 0.1) is 6.92 Å². The largest absolute Gasteiger partial charge is 0.370 e. The first kappa shape index (κ1) is 15.6. The molecule has 0 saturated carbocycles. The van der Waals surface area contributed by atoms with Gasteiger partial charge < -0.3 is 5.32 Å². The van der Waals surface area contributed by atoms with Crippen molar-refractivity contribution in [1.29, 1.82) is 0 Å². The second-order valence-corrected chi connectivity index (χ2v) is 6.59. The van der Waals surface area contributed by atoms with E-state index in [2.05, 4.69) is 15.0 Å². The van der Waals surface area contributed by atoms with Crippen molar-refractivity contribution in [3.63, 3.8) is 0 Å². The molecule has 1 aromatic carbocycles. The van der Waals surface area contributed by atoms with Crippen LogP contribution in [0.5, 0.6) is 0 Å². The van der Waals surface area contributed by atoms with E-state index >= 15 is 0 Å². The van der Waals surface area contributed by atoms with E-state index in [1.54, 1.807) is 18.2 Å². The van der Waals surface area contributed by atoms with Crippen LogP contribution in [0.3, 0.4) is 0 Å².